The number of nitro groups is 1. The number of nitro benzene ring substituents is 1. The predicted octanol–water partition coefficient (Wildman–Crippen LogP) is 2.91. The van der Waals surface area contributed by atoms with Crippen molar-refractivity contribution in [1.82, 2.24) is 9.97 Å². The van der Waals surface area contributed by atoms with Gasteiger partial charge in [-0.05, 0) is 25.5 Å². The number of benzene rings is 1. The molecule has 0 aliphatic heterocycles. The number of hydrogen-bond donors (Lipinski definition) is 1. The van der Waals surface area contributed by atoms with Crippen LogP contribution in [-0.2, 0) is 0 Å². The molecule has 1 heterocycles. The topological polar surface area (TPSA) is 98.0 Å². The molecule has 0 atom stereocenters. The van der Waals surface area contributed by atoms with E-state index in [1.165, 1.54) is 18.2 Å². The average Bonchev–Trinajstić information content (AvgIpc) is 2.36. The number of hydrogen-bond acceptors (Lipinski definition) is 5. The third kappa shape index (κ3) is 3.32. The minimum Gasteiger partial charge on any atom is -0.290 e. The monoisotopic (exact) mass is 306 g/mol. The predicted molar refractivity (Wildman–Crippen MR) is 77.6 cm³/mol. The molecule has 8 heteroatoms. The van der Waals surface area contributed by atoms with E-state index >= 15 is 0 Å². The van der Waals surface area contributed by atoms with Gasteiger partial charge in [0.1, 0.15) is 10.7 Å². The van der Waals surface area contributed by atoms with Crippen molar-refractivity contribution in [2.45, 2.75) is 13.8 Å². The summed E-state index contributed by atoms with van der Waals surface area (Å²) in [5, 5.41) is 13.6. The van der Waals surface area contributed by atoms with Gasteiger partial charge in [0.05, 0.1) is 4.92 Å². The third-order valence-electron chi connectivity index (χ3n) is 2.72. The molecule has 2 rings (SSSR count). The van der Waals surface area contributed by atoms with Gasteiger partial charge in [0.2, 0.25) is 5.95 Å². The van der Waals surface area contributed by atoms with E-state index in [4.69, 9.17) is 11.6 Å². The van der Waals surface area contributed by atoms with Crippen LogP contribution >= 0.6 is 11.6 Å². The van der Waals surface area contributed by atoms with E-state index < -0.39 is 10.8 Å². The number of nitrogens with zero attached hydrogens (tertiary/aromatic N) is 3. The maximum absolute atomic E-state index is 12.2. The smallest absolute Gasteiger partial charge is 0.282 e. The molecular weight excluding hydrogens is 296 g/mol. The van der Waals surface area contributed by atoms with Crippen molar-refractivity contribution < 1.29 is 9.72 Å². The molecule has 0 radical (unpaired) electrons. The normalized spacial score (nSPS) is 10.2. The molecule has 0 spiro atoms. The van der Waals surface area contributed by atoms with Crippen LogP contribution in [0.4, 0.5) is 11.6 Å². The second-order valence-corrected chi connectivity index (χ2v) is 4.72. The zero-order valence-corrected chi connectivity index (χ0v) is 12.0. The molecule has 0 saturated carbocycles. The molecule has 1 aromatic carbocycles. The molecule has 2 aromatic rings. The fourth-order valence-corrected chi connectivity index (χ4v) is 2.09. The lowest BCUT2D eigenvalue weighted by molar-refractivity contribution is -0.385. The summed E-state index contributed by atoms with van der Waals surface area (Å²) in [4.78, 5) is 30.5. The summed E-state index contributed by atoms with van der Waals surface area (Å²) >= 11 is 5.78. The summed E-state index contributed by atoms with van der Waals surface area (Å²) in [6.07, 6.45) is 0. The quantitative estimate of drug-likeness (QED) is 0.534. The second kappa shape index (κ2) is 5.84. The van der Waals surface area contributed by atoms with Crippen molar-refractivity contribution in [3.8, 4) is 0 Å². The first kappa shape index (κ1) is 14.9. The van der Waals surface area contributed by atoms with Gasteiger partial charge in [-0.15, -0.1) is 0 Å². The number of nitrogens with one attached hydrogen (secondary N) is 1. The molecule has 0 fully saturated rings. The van der Waals surface area contributed by atoms with Gasteiger partial charge in [-0.1, -0.05) is 23.7 Å². The van der Waals surface area contributed by atoms with Gasteiger partial charge < -0.3 is 0 Å². The van der Waals surface area contributed by atoms with E-state index in [2.05, 4.69) is 15.3 Å². The highest BCUT2D eigenvalue weighted by Gasteiger charge is 2.22. The van der Waals surface area contributed by atoms with Crippen molar-refractivity contribution in [1.29, 1.82) is 0 Å². The number of carbonyl (C=O) groups is 1. The van der Waals surface area contributed by atoms with Crippen molar-refractivity contribution in [2.24, 2.45) is 0 Å². The van der Waals surface area contributed by atoms with Crippen LogP contribution in [0.5, 0.6) is 0 Å². The van der Waals surface area contributed by atoms with Gasteiger partial charge >= 0.3 is 0 Å². The summed E-state index contributed by atoms with van der Waals surface area (Å²) in [5.41, 5.74) is 0.764. The van der Waals surface area contributed by atoms with Crippen molar-refractivity contribution in [3.05, 3.63) is 56.4 Å². The Labute approximate surface area is 125 Å². The number of aromatic nitrogens is 2. The number of rotatable bonds is 3. The van der Waals surface area contributed by atoms with Crippen LogP contribution in [0, 0.1) is 24.0 Å². The van der Waals surface area contributed by atoms with Crippen LogP contribution in [0.1, 0.15) is 21.6 Å². The molecule has 1 aromatic heterocycles. The summed E-state index contributed by atoms with van der Waals surface area (Å²) < 4.78 is 0. The Kier molecular flexibility index (Phi) is 4.13. The van der Waals surface area contributed by atoms with Gasteiger partial charge in [0.25, 0.3) is 11.6 Å². The lowest BCUT2D eigenvalue weighted by Crippen LogP contribution is -2.17. The highest BCUT2D eigenvalue weighted by molar-refractivity contribution is 6.29. The maximum Gasteiger partial charge on any atom is 0.282 e. The Hall–Kier alpha value is -2.54. The molecule has 0 unspecified atom stereocenters. The molecule has 0 bridgehead atoms. The summed E-state index contributed by atoms with van der Waals surface area (Å²) in [6, 6.07) is 5.94. The van der Waals surface area contributed by atoms with Crippen molar-refractivity contribution in [3.63, 3.8) is 0 Å². The average molecular weight is 307 g/mol. The molecule has 21 heavy (non-hydrogen) atoms. The number of carbonyl (C=O) groups excluding carboxylic acids is 1. The van der Waals surface area contributed by atoms with Crippen LogP contribution in [0.25, 0.3) is 0 Å². The fraction of sp³-hybridized carbons (Fsp3) is 0.154. The van der Waals surface area contributed by atoms with E-state index in [1.807, 2.05) is 0 Å². The van der Waals surface area contributed by atoms with Crippen molar-refractivity contribution >= 4 is 29.1 Å². The Morgan fingerprint density at radius 3 is 2.67 bits per heavy atom. The molecule has 0 saturated heterocycles. The van der Waals surface area contributed by atoms with E-state index in [9.17, 15) is 14.9 Å². The number of anilines is 1. The van der Waals surface area contributed by atoms with Gasteiger partial charge in [0, 0.05) is 11.8 Å². The van der Waals surface area contributed by atoms with E-state index in [-0.39, 0.29) is 22.4 Å². The maximum atomic E-state index is 12.2. The third-order valence-corrected chi connectivity index (χ3v) is 2.92. The number of amides is 1. The lowest BCUT2D eigenvalue weighted by Gasteiger charge is -2.07. The van der Waals surface area contributed by atoms with Crippen LogP contribution in [0.15, 0.2) is 24.3 Å². The molecule has 7 nitrogen and oxygen atoms in total. The lowest BCUT2D eigenvalue weighted by atomic mass is 10.1. The van der Waals surface area contributed by atoms with E-state index in [0.29, 0.717) is 11.3 Å². The van der Waals surface area contributed by atoms with E-state index in [0.717, 1.165) is 0 Å². The molecular formula is C13H11ClN4O3. The molecule has 0 aliphatic carbocycles. The first-order chi connectivity index (χ1) is 9.88. The van der Waals surface area contributed by atoms with Gasteiger partial charge in [-0.2, -0.15) is 0 Å². The van der Waals surface area contributed by atoms with Crippen LogP contribution in [0.3, 0.4) is 0 Å². The highest BCUT2D eigenvalue weighted by atomic mass is 35.5. The summed E-state index contributed by atoms with van der Waals surface area (Å²) in [5.74, 6) is -0.649. The van der Waals surface area contributed by atoms with Gasteiger partial charge in [-0.25, -0.2) is 9.97 Å². The van der Waals surface area contributed by atoms with Crippen molar-refractivity contribution in [2.75, 3.05) is 5.32 Å². The minimum atomic E-state index is -0.651. The first-order valence-electron chi connectivity index (χ1n) is 5.95. The zero-order valence-electron chi connectivity index (χ0n) is 11.3. The number of aryl methyl sites for hydroxylation is 2. The molecule has 0 aliphatic rings. The largest absolute Gasteiger partial charge is 0.290 e. The molecule has 1 N–H and O–H groups in total. The molecule has 108 valence electrons. The summed E-state index contributed by atoms with van der Waals surface area (Å²) in [7, 11) is 0. The van der Waals surface area contributed by atoms with Gasteiger partial charge in [0.15, 0.2) is 0 Å². The van der Waals surface area contributed by atoms with E-state index in [1.54, 1.807) is 19.9 Å². The van der Waals surface area contributed by atoms with Crippen LogP contribution < -0.4 is 5.32 Å². The first-order valence-corrected chi connectivity index (χ1v) is 6.33. The van der Waals surface area contributed by atoms with Gasteiger partial charge in [-0.3, -0.25) is 20.2 Å². The second-order valence-electron chi connectivity index (χ2n) is 4.34. The minimum absolute atomic E-state index is 0.00236. The van der Waals surface area contributed by atoms with Crippen LogP contribution in [0.2, 0.25) is 5.15 Å². The Balaban J connectivity index is 2.39. The summed E-state index contributed by atoms with van der Waals surface area (Å²) in [6.45, 7) is 3.31. The zero-order chi connectivity index (χ0) is 15.6. The Bertz CT molecular complexity index is 713. The highest BCUT2D eigenvalue weighted by Crippen LogP contribution is 2.22. The fourth-order valence-electron chi connectivity index (χ4n) is 1.85. The van der Waals surface area contributed by atoms with Crippen LogP contribution in [-0.4, -0.2) is 20.8 Å². The Morgan fingerprint density at radius 2 is 2.05 bits per heavy atom. The number of halogens is 1. The molecule has 1 amide bonds. The standard InChI is InChI=1S/C13H11ClN4O3/c1-7-4-3-5-9(18(20)21)11(7)12(19)17-13-15-8(2)6-10(14)16-13/h3-6H,1-2H3,(H,15,16,17,19). The Morgan fingerprint density at radius 1 is 1.33 bits per heavy atom. The SMILES string of the molecule is Cc1cc(Cl)nc(NC(=O)c2c(C)cccc2[N+](=O)[O-])n1.